The number of fused-ring (bicyclic) bond motifs is 1. The maximum atomic E-state index is 12.2. The Balaban J connectivity index is 1.98. The zero-order valence-corrected chi connectivity index (χ0v) is 11.0. The molecule has 1 aliphatic rings. The van der Waals surface area contributed by atoms with Gasteiger partial charge in [0.2, 0.25) is 5.91 Å². The van der Waals surface area contributed by atoms with Crippen LogP contribution in [-0.4, -0.2) is 5.91 Å². The summed E-state index contributed by atoms with van der Waals surface area (Å²) in [5.74, 6) is -0.0823. The standard InChI is InChI=1S/C15H13ClN2O/c16-11-6-7-13-12(8-11)14(17)15(19)18(13)9-10-4-2-1-3-5-10/h1-8,14H,9,17H2. The van der Waals surface area contributed by atoms with Gasteiger partial charge in [-0.2, -0.15) is 0 Å². The van der Waals surface area contributed by atoms with Crippen LogP contribution < -0.4 is 10.6 Å². The second-order valence-electron chi connectivity index (χ2n) is 4.59. The molecule has 0 saturated heterocycles. The Morgan fingerprint density at radius 3 is 2.63 bits per heavy atom. The number of anilines is 1. The van der Waals surface area contributed by atoms with Gasteiger partial charge in [-0.1, -0.05) is 41.9 Å². The first-order valence-corrected chi connectivity index (χ1v) is 6.45. The van der Waals surface area contributed by atoms with Crippen LogP contribution in [0.1, 0.15) is 17.2 Å². The monoisotopic (exact) mass is 272 g/mol. The maximum absolute atomic E-state index is 12.2. The highest BCUT2D eigenvalue weighted by Crippen LogP contribution is 2.37. The van der Waals surface area contributed by atoms with Crippen molar-refractivity contribution in [1.29, 1.82) is 0 Å². The van der Waals surface area contributed by atoms with E-state index < -0.39 is 6.04 Å². The van der Waals surface area contributed by atoms with Crippen LogP contribution >= 0.6 is 11.6 Å². The van der Waals surface area contributed by atoms with Crippen LogP contribution in [0.5, 0.6) is 0 Å². The molecule has 2 aromatic rings. The Morgan fingerprint density at radius 2 is 1.89 bits per heavy atom. The van der Waals surface area contributed by atoms with E-state index in [4.69, 9.17) is 17.3 Å². The van der Waals surface area contributed by atoms with Crippen LogP contribution in [0.15, 0.2) is 48.5 Å². The summed E-state index contributed by atoms with van der Waals surface area (Å²) in [4.78, 5) is 13.9. The van der Waals surface area contributed by atoms with Gasteiger partial charge in [0.25, 0.3) is 0 Å². The minimum Gasteiger partial charge on any atom is -0.316 e. The van der Waals surface area contributed by atoms with E-state index in [1.165, 1.54) is 0 Å². The lowest BCUT2D eigenvalue weighted by Crippen LogP contribution is -2.31. The smallest absolute Gasteiger partial charge is 0.248 e. The molecule has 3 nitrogen and oxygen atoms in total. The molecule has 19 heavy (non-hydrogen) atoms. The Hall–Kier alpha value is -1.84. The summed E-state index contributed by atoms with van der Waals surface area (Å²) in [5, 5.41) is 0.601. The van der Waals surface area contributed by atoms with Gasteiger partial charge in [-0.15, -0.1) is 0 Å². The molecule has 0 bridgehead atoms. The molecule has 96 valence electrons. The third kappa shape index (κ3) is 2.11. The average molecular weight is 273 g/mol. The molecular formula is C15H13ClN2O. The predicted octanol–water partition coefficient (Wildman–Crippen LogP) is 2.89. The molecule has 0 aromatic heterocycles. The lowest BCUT2D eigenvalue weighted by Gasteiger charge is -2.17. The first-order valence-electron chi connectivity index (χ1n) is 6.07. The van der Waals surface area contributed by atoms with Gasteiger partial charge in [-0.25, -0.2) is 0 Å². The number of carbonyl (C=O) groups excluding carboxylic acids is 1. The van der Waals surface area contributed by atoms with E-state index in [1.54, 1.807) is 17.0 Å². The van der Waals surface area contributed by atoms with E-state index in [-0.39, 0.29) is 5.91 Å². The summed E-state index contributed by atoms with van der Waals surface area (Å²) in [5.41, 5.74) is 8.68. The number of hydrogen-bond donors (Lipinski definition) is 1. The highest BCUT2D eigenvalue weighted by Gasteiger charge is 2.34. The van der Waals surface area contributed by atoms with Crippen LogP contribution in [0.25, 0.3) is 0 Å². The molecule has 4 heteroatoms. The number of amides is 1. The zero-order chi connectivity index (χ0) is 13.4. The average Bonchev–Trinajstić information content (AvgIpc) is 2.65. The molecule has 3 rings (SSSR count). The molecular weight excluding hydrogens is 260 g/mol. The normalized spacial score (nSPS) is 17.7. The molecule has 1 atom stereocenters. The summed E-state index contributed by atoms with van der Waals surface area (Å²) in [6.07, 6.45) is 0. The molecule has 1 aliphatic heterocycles. The van der Waals surface area contributed by atoms with Gasteiger partial charge in [0.05, 0.1) is 6.54 Å². The number of rotatable bonds is 2. The van der Waals surface area contributed by atoms with Gasteiger partial charge in [-0.3, -0.25) is 4.79 Å². The van der Waals surface area contributed by atoms with Crippen molar-refractivity contribution in [2.24, 2.45) is 5.73 Å². The quantitative estimate of drug-likeness (QED) is 0.914. The fraction of sp³-hybridized carbons (Fsp3) is 0.133. The molecule has 0 aliphatic carbocycles. The summed E-state index contributed by atoms with van der Waals surface area (Å²) in [6, 6.07) is 14.6. The summed E-state index contributed by atoms with van der Waals surface area (Å²) < 4.78 is 0. The Kier molecular flexibility index (Phi) is 3.01. The van der Waals surface area contributed by atoms with Crippen molar-refractivity contribution in [3.8, 4) is 0 Å². The van der Waals surface area contributed by atoms with Crippen molar-refractivity contribution >= 4 is 23.2 Å². The van der Waals surface area contributed by atoms with Crippen molar-refractivity contribution in [2.75, 3.05) is 4.90 Å². The molecule has 0 spiro atoms. The van der Waals surface area contributed by atoms with E-state index in [2.05, 4.69) is 0 Å². The zero-order valence-electron chi connectivity index (χ0n) is 10.2. The van der Waals surface area contributed by atoms with Gasteiger partial charge in [0.15, 0.2) is 0 Å². The molecule has 2 aromatic carbocycles. The van der Waals surface area contributed by atoms with Crippen LogP contribution in [-0.2, 0) is 11.3 Å². The van der Waals surface area contributed by atoms with Gasteiger partial charge in [0.1, 0.15) is 6.04 Å². The summed E-state index contributed by atoms with van der Waals surface area (Å²) in [6.45, 7) is 0.530. The van der Waals surface area contributed by atoms with Crippen molar-refractivity contribution in [3.63, 3.8) is 0 Å². The SMILES string of the molecule is NC1C(=O)N(Cc2ccccc2)c2ccc(Cl)cc21. The number of hydrogen-bond acceptors (Lipinski definition) is 2. The molecule has 0 fully saturated rings. The lowest BCUT2D eigenvalue weighted by molar-refractivity contribution is -0.119. The minimum atomic E-state index is -0.614. The first-order chi connectivity index (χ1) is 9.16. The van der Waals surface area contributed by atoms with E-state index >= 15 is 0 Å². The van der Waals surface area contributed by atoms with Crippen LogP contribution in [0.2, 0.25) is 5.02 Å². The minimum absolute atomic E-state index is 0.0823. The maximum Gasteiger partial charge on any atom is 0.248 e. The molecule has 1 unspecified atom stereocenters. The van der Waals surface area contributed by atoms with Crippen LogP contribution in [0, 0.1) is 0 Å². The second kappa shape index (κ2) is 4.68. The third-order valence-electron chi connectivity index (χ3n) is 3.33. The number of nitrogens with two attached hydrogens (primary N) is 1. The van der Waals surface area contributed by atoms with Crippen molar-refractivity contribution in [1.82, 2.24) is 0 Å². The van der Waals surface area contributed by atoms with E-state index in [0.29, 0.717) is 11.6 Å². The third-order valence-corrected chi connectivity index (χ3v) is 3.57. The van der Waals surface area contributed by atoms with Gasteiger partial charge in [0, 0.05) is 16.3 Å². The van der Waals surface area contributed by atoms with Crippen LogP contribution in [0.3, 0.4) is 0 Å². The van der Waals surface area contributed by atoms with Crippen molar-refractivity contribution in [3.05, 3.63) is 64.7 Å². The van der Waals surface area contributed by atoms with E-state index in [1.807, 2.05) is 36.4 Å². The fourth-order valence-corrected chi connectivity index (χ4v) is 2.55. The highest BCUT2D eigenvalue weighted by molar-refractivity contribution is 6.31. The van der Waals surface area contributed by atoms with Crippen LogP contribution in [0.4, 0.5) is 5.69 Å². The van der Waals surface area contributed by atoms with Gasteiger partial charge >= 0.3 is 0 Å². The fourth-order valence-electron chi connectivity index (χ4n) is 2.37. The number of halogens is 1. The number of nitrogens with zero attached hydrogens (tertiary/aromatic N) is 1. The second-order valence-corrected chi connectivity index (χ2v) is 5.03. The summed E-state index contributed by atoms with van der Waals surface area (Å²) >= 11 is 5.96. The first kappa shape index (κ1) is 12.2. The van der Waals surface area contributed by atoms with Gasteiger partial charge < -0.3 is 10.6 Å². The molecule has 2 N–H and O–H groups in total. The molecule has 0 saturated carbocycles. The molecule has 1 amide bonds. The van der Waals surface area contributed by atoms with Gasteiger partial charge in [-0.05, 0) is 23.8 Å². The van der Waals surface area contributed by atoms with E-state index in [9.17, 15) is 4.79 Å². The van der Waals surface area contributed by atoms with Crippen molar-refractivity contribution < 1.29 is 4.79 Å². The Morgan fingerprint density at radius 1 is 1.16 bits per heavy atom. The molecule has 1 heterocycles. The topological polar surface area (TPSA) is 46.3 Å². The molecule has 0 radical (unpaired) electrons. The predicted molar refractivity (Wildman–Crippen MR) is 76.0 cm³/mol. The van der Waals surface area contributed by atoms with E-state index in [0.717, 1.165) is 16.8 Å². The summed E-state index contributed by atoms with van der Waals surface area (Å²) in [7, 11) is 0. The van der Waals surface area contributed by atoms with Crippen molar-refractivity contribution in [2.45, 2.75) is 12.6 Å². The Labute approximate surface area is 116 Å². The largest absolute Gasteiger partial charge is 0.316 e. The lowest BCUT2D eigenvalue weighted by atomic mass is 10.1. The number of carbonyl (C=O) groups is 1. The number of benzene rings is 2. The Bertz CT molecular complexity index is 627. The highest BCUT2D eigenvalue weighted by atomic mass is 35.5.